The van der Waals surface area contributed by atoms with E-state index in [9.17, 15) is 9.59 Å². The topological polar surface area (TPSA) is 60.3 Å². The van der Waals surface area contributed by atoms with E-state index in [1.54, 1.807) is 24.3 Å². The molecule has 0 atom stereocenters. The minimum Gasteiger partial charge on any atom is -0.484 e. The predicted molar refractivity (Wildman–Crippen MR) is 102 cm³/mol. The van der Waals surface area contributed by atoms with Gasteiger partial charge in [-0.15, -0.1) is 0 Å². The minimum absolute atomic E-state index is 0.00441. The largest absolute Gasteiger partial charge is 0.484 e. The molecule has 1 heterocycles. The Morgan fingerprint density at radius 1 is 1.04 bits per heavy atom. The van der Waals surface area contributed by atoms with E-state index in [1.807, 2.05) is 12.1 Å². The van der Waals surface area contributed by atoms with Gasteiger partial charge < -0.3 is 14.6 Å². The standard InChI is InChI=1S/C21H22N2O3/c1-16(24)17-7-9-19(10-8-17)26-15-21(25)22-12-4-13-23-14-11-18-5-2-3-6-20(18)23/h2-3,5-11,14H,4,12-13,15H2,1H3,(H,22,25). The summed E-state index contributed by atoms with van der Waals surface area (Å²) in [7, 11) is 0. The molecule has 5 nitrogen and oxygen atoms in total. The molecule has 1 N–H and O–H groups in total. The van der Waals surface area contributed by atoms with Crippen molar-refractivity contribution >= 4 is 22.6 Å². The van der Waals surface area contributed by atoms with Gasteiger partial charge in [0.2, 0.25) is 0 Å². The second-order valence-corrected chi connectivity index (χ2v) is 6.14. The van der Waals surface area contributed by atoms with Crippen LogP contribution >= 0.6 is 0 Å². The number of rotatable bonds is 8. The molecular weight excluding hydrogens is 328 g/mol. The Morgan fingerprint density at radius 2 is 1.81 bits per heavy atom. The van der Waals surface area contributed by atoms with Crippen LogP contribution < -0.4 is 10.1 Å². The van der Waals surface area contributed by atoms with Crippen molar-refractivity contribution in [3.8, 4) is 5.75 Å². The van der Waals surface area contributed by atoms with Gasteiger partial charge in [-0.25, -0.2) is 0 Å². The van der Waals surface area contributed by atoms with Crippen molar-refractivity contribution < 1.29 is 14.3 Å². The first-order valence-electron chi connectivity index (χ1n) is 8.68. The molecule has 2 aromatic carbocycles. The zero-order valence-corrected chi connectivity index (χ0v) is 14.8. The van der Waals surface area contributed by atoms with Gasteiger partial charge >= 0.3 is 0 Å². The van der Waals surface area contributed by atoms with E-state index in [1.165, 1.54) is 17.8 Å². The predicted octanol–water partition coefficient (Wildman–Crippen LogP) is 3.43. The SMILES string of the molecule is CC(=O)c1ccc(OCC(=O)NCCCn2ccc3ccccc32)cc1. The molecule has 5 heteroatoms. The average molecular weight is 350 g/mol. The number of aryl methyl sites for hydroxylation is 1. The lowest BCUT2D eigenvalue weighted by Crippen LogP contribution is -2.30. The Bertz CT molecular complexity index is 897. The molecule has 0 aliphatic heterocycles. The number of nitrogens with zero attached hydrogens (tertiary/aromatic N) is 1. The Morgan fingerprint density at radius 3 is 2.58 bits per heavy atom. The Kier molecular flexibility index (Phi) is 5.69. The summed E-state index contributed by atoms with van der Waals surface area (Å²) in [6, 6.07) is 17.1. The summed E-state index contributed by atoms with van der Waals surface area (Å²) in [5.41, 5.74) is 1.83. The molecular formula is C21H22N2O3. The summed E-state index contributed by atoms with van der Waals surface area (Å²) in [5.74, 6) is 0.423. The van der Waals surface area contributed by atoms with Crippen molar-refractivity contribution in [3.05, 3.63) is 66.4 Å². The third kappa shape index (κ3) is 4.51. The lowest BCUT2D eigenvalue weighted by molar-refractivity contribution is -0.123. The van der Waals surface area contributed by atoms with Crippen LogP contribution in [0.25, 0.3) is 10.9 Å². The highest BCUT2D eigenvalue weighted by atomic mass is 16.5. The van der Waals surface area contributed by atoms with Crippen LogP contribution in [0.5, 0.6) is 5.75 Å². The number of carbonyl (C=O) groups excluding carboxylic acids is 2. The van der Waals surface area contributed by atoms with E-state index in [0.717, 1.165) is 13.0 Å². The lowest BCUT2D eigenvalue weighted by atomic mass is 10.1. The maximum absolute atomic E-state index is 11.9. The summed E-state index contributed by atoms with van der Waals surface area (Å²) >= 11 is 0. The zero-order chi connectivity index (χ0) is 18.4. The number of ketones is 1. The van der Waals surface area contributed by atoms with E-state index >= 15 is 0 Å². The molecule has 0 saturated carbocycles. The molecule has 0 aliphatic rings. The number of benzene rings is 2. The van der Waals surface area contributed by atoms with Crippen LogP contribution in [0.3, 0.4) is 0 Å². The average Bonchev–Trinajstić information content (AvgIpc) is 3.07. The van der Waals surface area contributed by atoms with Gasteiger partial charge in [0.05, 0.1) is 0 Å². The maximum Gasteiger partial charge on any atom is 0.257 e. The Hall–Kier alpha value is -3.08. The number of nitrogens with one attached hydrogen (secondary N) is 1. The lowest BCUT2D eigenvalue weighted by Gasteiger charge is -2.09. The molecule has 0 unspecified atom stereocenters. The van der Waals surface area contributed by atoms with Crippen LogP contribution in [0.15, 0.2) is 60.8 Å². The van der Waals surface area contributed by atoms with Gasteiger partial charge in [-0.05, 0) is 55.1 Å². The summed E-state index contributed by atoms with van der Waals surface area (Å²) in [5, 5.41) is 4.08. The Labute approximate surface area is 152 Å². The fraction of sp³-hybridized carbons (Fsp3) is 0.238. The highest BCUT2D eigenvalue weighted by Gasteiger charge is 2.04. The maximum atomic E-state index is 11.9. The molecule has 3 rings (SSSR count). The monoisotopic (exact) mass is 350 g/mol. The molecule has 0 spiro atoms. The molecule has 1 amide bonds. The van der Waals surface area contributed by atoms with Crippen LogP contribution in [0.1, 0.15) is 23.7 Å². The number of fused-ring (bicyclic) bond motifs is 1. The van der Waals surface area contributed by atoms with E-state index in [0.29, 0.717) is 17.9 Å². The van der Waals surface area contributed by atoms with Gasteiger partial charge in [0.1, 0.15) is 5.75 Å². The summed E-state index contributed by atoms with van der Waals surface area (Å²) in [6.07, 6.45) is 2.91. The molecule has 1 aromatic heterocycles. The third-order valence-electron chi connectivity index (χ3n) is 4.21. The molecule has 0 aliphatic carbocycles. The van der Waals surface area contributed by atoms with E-state index in [2.05, 4.69) is 34.3 Å². The molecule has 3 aromatic rings. The third-order valence-corrected chi connectivity index (χ3v) is 4.21. The van der Waals surface area contributed by atoms with Crippen LogP contribution in [0.4, 0.5) is 0 Å². The van der Waals surface area contributed by atoms with Gasteiger partial charge in [0.25, 0.3) is 5.91 Å². The number of aromatic nitrogens is 1. The van der Waals surface area contributed by atoms with Crippen LogP contribution in [-0.2, 0) is 11.3 Å². The van der Waals surface area contributed by atoms with Crippen molar-refractivity contribution in [2.45, 2.75) is 19.9 Å². The van der Waals surface area contributed by atoms with Crippen LogP contribution in [-0.4, -0.2) is 29.4 Å². The fourth-order valence-electron chi connectivity index (χ4n) is 2.80. The first kappa shape index (κ1) is 17.7. The van der Waals surface area contributed by atoms with Gasteiger partial charge in [-0.3, -0.25) is 9.59 Å². The Balaban J connectivity index is 1.38. The van der Waals surface area contributed by atoms with Gasteiger partial charge in [-0.2, -0.15) is 0 Å². The molecule has 0 bridgehead atoms. The molecule has 26 heavy (non-hydrogen) atoms. The smallest absolute Gasteiger partial charge is 0.257 e. The first-order chi connectivity index (χ1) is 12.6. The number of para-hydroxylation sites is 1. The number of ether oxygens (including phenoxy) is 1. The van der Waals surface area contributed by atoms with Crippen molar-refractivity contribution in [1.29, 1.82) is 0 Å². The summed E-state index contributed by atoms with van der Waals surface area (Å²) < 4.78 is 7.62. The molecule has 0 saturated heterocycles. The van der Waals surface area contributed by atoms with Gasteiger partial charge in [-0.1, -0.05) is 18.2 Å². The van der Waals surface area contributed by atoms with Gasteiger partial charge in [0.15, 0.2) is 12.4 Å². The quantitative estimate of drug-likeness (QED) is 0.500. The second kappa shape index (κ2) is 8.34. The van der Waals surface area contributed by atoms with Crippen molar-refractivity contribution in [2.75, 3.05) is 13.2 Å². The normalized spacial score (nSPS) is 10.7. The highest BCUT2D eigenvalue weighted by Crippen LogP contribution is 2.15. The minimum atomic E-state index is -0.155. The summed E-state index contributed by atoms with van der Waals surface area (Å²) in [4.78, 5) is 23.1. The number of carbonyl (C=O) groups is 2. The van der Waals surface area contributed by atoms with Gasteiger partial charge in [0, 0.05) is 30.4 Å². The molecule has 0 radical (unpaired) electrons. The van der Waals surface area contributed by atoms with E-state index in [4.69, 9.17) is 4.74 Å². The van der Waals surface area contributed by atoms with Crippen molar-refractivity contribution in [3.63, 3.8) is 0 Å². The number of hydrogen-bond acceptors (Lipinski definition) is 3. The zero-order valence-electron chi connectivity index (χ0n) is 14.8. The first-order valence-corrected chi connectivity index (χ1v) is 8.68. The fourth-order valence-corrected chi connectivity index (χ4v) is 2.80. The van der Waals surface area contributed by atoms with Crippen molar-refractivity contribution in [1.82, 2.24) is 9.88 Å². The number of hydrogen-bond donors (Lipinski definition) is 1. The van der Waals surface area contributed by atoms with E-state index in [-0.39, 0.29) is 18.3 Å². The highest BCUT2D eigenvalue weighted by molar-refractivity contribution is 5.94. The van der Waals surface area contributed by atoms with Crippen molar-refractivity contribution in [2.24, 2.45) is 0 Å². The van der Waals surface area contributed by atoms with Crippen LogP contribution in [0, 0.1) is 0 Å². The summed E-state index contributed by atoms with van der Waals surface area (Å²) in [6.45, 7) is 2.92. The number of amides is 1. The van der Waals surface area contributed by atoms with Crippen LogP contribution in [0.2, 0.25) is 0 Å². The molecule has 0 fully saturated rings. The number of Topliss-reactive ketones (excluding diaryl/α,β-unsaturated/α-hetero) is 1. The van der Waals surface area contributed by atoms with E-state index < -0.39 is 0 Å². The second-order valence-electron chi connectivity index (χ2n) is 6.14. The molecule has 134 valence electrons.